The van der Waals surface area contributed by atoms with Gasteiger partial charge in [-0.05, 0) is 37.6 Å². The minimum atomic E-state index is -0.276. The van der Waals surface area contributed by atoms with Crippen LogP contribution in [0.1, 0.15) is 38.8 Å². The van der Waals surface area contributed by atoms with Crippen LogP contribution >= 0.6 is 0 Å². The van der Waals surface area contributed by atoms with Crippen molar-refractivity contribution in [3.63, 3.8) is 0 Å². The van der Waals surface area contributed by atoms with Gasteiger partial charge in [-0.1, -0.05) is 42.0 Å². The zero-order valence-corrected chi connectivity index (χ0v) is 15.3. The molecule has 1 aromatic heterocycles. The highest BCUT2D eigenvalue weighted by atomic mass is 16.1. The van der Waals surface area contributed by atoms with E-state index in [9.17, 15) is 9.59 Å². The van der Waals surface area contributed by atoms with Crippen molar-refractivity contribution < 1.29 is 9.59 Å². The number of hydrogen-bond acceptors (Lipinski definition) is 4. The fraction of sp³-hybridized carbons (Fsp3) is 0.136. The largest absolute Gasteiger partial charge is 0.380 e. The molecule has 3 rings (SSSR count). The van der Waals surface area contributed by atoms with Crippen molar-refractivity contribution in [2.45, 2.75) is 20.4 Å². The molecule has 2 N–H and O–H groups in total. The Bertz CT molecular complexity index is 965. The molecule has 1 heterocycles. The van der Waals surface area contributed by atoms with Gasteiger partial charge in [-0.2, -0.15) is 0 Å². The molecule has 0 atom stereocenters. The Morgan fingerprint density at radius 2 is 1.67 bits per heavy atom. The second-order valence-corrected chi connectivity index (χ2v) is 6.39. The second kappa shape index (κ2) is 8.27. The summed E-state index contributed by atoms with van der Waals surface area (Å²) in [7, 11) is 0. The lowest BCUT2D eigenvalue weighted by atomic mass is 10.1. The van der Waals surface area contributed by atoms with E-state index in [4.69, 9.17) is 0 Å². The number of pyridine rings is 1. The van der Waals surface area contributed by atoms with Crippen LogP contribution in [0.25, 0.3) is 0 Å². The number of anilines is 2. The monoisotopic (exact) mass is 359 g/mol. The first-order chi connectivity index (χ1) is 13.0. The Balaban J connectivity index is 1.67. The van der Waals surface area contributed by atoms with Crippen molar-refractivity contribution in [3.05, 3.63) is 89.2 Å². The zero-order chi connectivity index (χ0) is 19.2. The number of aromatic nitrogens is 1. The first kappa shape index (κ1) is 18.3. The molecule has 3 aromatic rings. The molecular weight excluding hydrogens is 338 g/mol. The second-order valence-electron chi connectivity index (χ2n) is 6.39. The van der Waals surface area contributed by atoms with E-state index in [1.807, 2.05) is 0 Å². The molecule has 0 bridgehead atoms. The molecule has 0 aliphatic carbocycles. The van der Waals surface area contributed by atoms with Crippen LogP contribution in [-0.2, 0) is 6.54 Å². The number of ketones is 1. The zero-order valence-electron chi connectivity index (χ0n) is 15.3. The van der Waals surface area contributed by atoms with Crippen molar-refractivity contribution in [2.24, 2.45) is 0 Å². The fourth-order valence-corrected chi connectivity index (χ4v) is 2.59. The number of aryl methyl sites for hydroxylation is 1. The Morgan fingerprint density at radius 1 is 0.926 bits per heavy atom. The summed E-state index contributed by atoms with van der Waals surface area (Å²) < 4.78 is 0. The van der Waals surface area contributed by atoms with E-state index in [-0.39, 0.29) is 11.7 Å². The van der Waals surface area contributed by atoms with Crippen molar-refractivity contribution in [1.29, 1.82) is 0 Å². The van der Waals surface area contributed by atoms with Gasteiger partial charge in [0.2, 0.25) is 0 Å². The molecule has 0 radical (unpaired) electrons. The summed E-state index contributed by atoms with van der Waals surface area (Å²) in [4.78, 5) is 28.1. The summed E-state index contributed by atoms with van der Waals surface area (Å²) in [5.74, 6) is -0.322. The minimum absolute atomic E-state index is 0.0462. The maximum atomic E-state index is 12.5. The lowest BCUT2D eigenvalue weighted by Crippen LogP contribution is -2.13. The molecule has 0 saturated heterocycles. The predicted octanol–water partition coefficient (Wildman–Crippen LogP) is 4.46. The van der Waals surface area contributed by atoms with Crippen LogP contribution in [0, 0.1) is 6.92 Å². The SMILES string of the molecule is CC(=O)c1cccc(NC(=O)c2cncc(NCc3ccc(C)cc3)c2)c1. The third-order valence-electron chi connectivity index (χ3n) is 4.14. The highest BCUT2D eigenvalue weighted by molar-refractivity contribution is 6.05. The first-order valence-corrected chi connectivity index (χ1v) is 8.68. The van der Waals surface area contributed by atoms with Gasteiger partial charge >= 0.3 is 0 Å². The molecule has 0 unspecified atom stereocenters. The highest BCUT2D eigenvalue weighted by Gasteiger charge is 2.09. The minimum Gasteiger partial charge on any atom is -0.380 e. The molecule has 136 valence electrons. The van der Waals surface area contributed by atoms with Gasteiger partial charge in [0.1, 0.15) is 0 Å². The number of benzene rings is 2. The molecule has 0 aliphatic rings. The van der Waals surface area contributed by atoms with Crippen LogP contribution in [-0.4, -0.2) is 16.7 Å². The number of nitrogens with one attached hydrogen (secondary N) is 2. The molecule has 2 aromatic carbocycles. The third-order valence-corrected chi connectivity index (χ3v) is 4.14. The summed E-state index contributed by atoms with van der Waals surface area (Å²) in [5, 5.41) is 6.08. The van der Waals surface area contributed by atoms with E-state index < -0.39 is 0 Å². The normalized spacial score (nSPS) is 10.3. The lowest BCUT2D eigenvalue weighted by molar-refractivity contribution is 0.101. The standard InChI is InChI=1S/C22H21N3O2/c1-15-6-8-17(9-7-15)12-24-21-11-19(13-23-14-21)22(27)25-20-5-3-4-18(10-20)16(2)26/h3-11,13-14,24H,12H2,1-2H3,(H,25,27). The number of Topliss-reactive ketones (excluding diaryl/α,β-unsaturated/α-hetero) is 1. The summed E-state index contributed by atoms with van der Waals surface area (Å²) in [5.41, 5.74) is 4.70. The first-order valence-electron chi connectivity index (χ1n) is 8.68. The number of nitrogens with zero attached hydrogens (tertiary/aromatic N) is 1. The summed E-state index contributed by atoms with van der Waals surface area (Å²) in [6.45, 7) is 4.19. The van der Waals surface area contributed by atoms with Gasteiger partial charge in [0.15, 0.2) is 5.78 Å². The van der Waals surface area contributed by atoms with E-state index in [2.05, 4.69) is 46.8 Å². The summed E-state index contributed by atoms with van der Waals surface area (Å²) in [6.07, 6.45) is 3.20. The summed E-state index contributed by atoms with van der Waals surface area (Å²) >= 11 is 0. The van der Waals surface area contributed by atoms with Crippen molar-refractivity contribution in [1.82, 2.24) is 4.98 Å². The van der Waals surface area contributed by atoms with Crippen molar-refractivity contribution in [3.8, 4) is 0 Å². The quantitative estimate of drug-likeness (QED) is 0.638. The van der Waals surface area contributed by atoms with Gasteiger partial charge in [0, 0.05) is 30.2 Å². The summed E-state index contributed by atoms with van der Waals surface area (Å²) in [6, 6.07) is 16.9. The topological polar surface area (TPSA) is 71.1 Å². The fourth-order valence-electron chi connectivity index (χ4n) is 2.59. The number of hydrogen-bond donors (Lipinski definition) is 2. The van der Waals surface area contributed by atoms with E-state index in [1.165, 1.54) is 18.7 Å². The smallest absolute Gasteiger partial charge is 0.257 e. The number of carbonyl (C=O) groups is 2. The molecule has 5 heteroatoms. The number of amides is 1. The Morgan fingerprint density at radius 3 is 2.41 bits per heavy atom. The van der Waals surface area contributed by atoms with Crippen LogP contribution < -0.4 is 10.6 Å². The maximum Gasteiger partial charge on any atom is 0.257 e. The van der Waals surface area contributed by atoms with Crippen molar-refractivity contribution in [2.75, 3.05) is 10.6 Å². The third kappa shape index (κ3) is 5.01. The molecule has 0 spiro atoms. The Kier molecular flexibility index (Phi) is 5.61. The average Bonchev–Trinajstić information content (AvgIpc) is 2.68. The lowest BCUT2D eigenvalue weighted by Gasteiger charge is -2.09. The molecule has 0 fully saturated rings. The van der Waals surface area contributed by atoms with E-state index in [1.54, 1.807) is 36.5 Å². The highest BCUT2D eigenvalue weighted by Crippen LogP contribution is 2.15. The van der Waals surface area contributed by atoms with Crippen LogP contribution in [0.2, 0.25) is 0 Å². The molecule has 1 amide bonds. The number of rotatable bonds is 6. The maximum absolute atomic E-state index is 12.5. The van der Waals surface area contributed by atoms with Crippen LogP contribution in [0.4, 0.5) is 11.4 Å². The van der Waals surface area contributed by atoms with Gasteiger partial charge < -0.3 is 10.6 Å². The molecule has 27 heavy (non-hydrogen) atoms. The molecular formula is C22H21N3O2. The van der Waals surface area contributed by atoms with Gasteiger partial charge in [-0.15, -0.1) is 0 Å². The van der Waals surface area contributed by atoms with E-state index in [0.717, 1.165) is 11.3 Å². The molecule has 0 aliphatic heterocycles. The van der Waals surface area contributed by atoms with Gasteiger partial charge in [0.05, 0.1) is 11.3 Å². The Hall–Kier alpha value is -3.47. The Labute approximate surface area is 158 Å². The van der Waals surface area contributed by atoms with Crippen LogP contribution in [0.5, 0.6) is 0 Å². The predicted molar refractivity (Wildman–Crippen MR) is 107 cm³/mol. The molecule has 5 nitrogen and oxygen atoms in total. The van der Waals surface area contributed by atoms with Gasteiger partial charge in [-0.25, -0.2) is 0 Å². The molecule has 0 saturated carbocycles. The number of carbonyl (C=O) groups excluding carboxylic acids is 2. The van der Waals surface area contributed by atoms with Crippen molar-refractivity contribution >= 4 is 23.1 Å². The van der Waals surface area contributed by atoms with Gasteiger partial charge in [0.25, 0.3) is 5.91 Å². The average molecular weight is 359 g/mol. The van der Waals surface area contributed by atoms with E-state index >= 15 is 0 Å². The van der Waals surface area contributed by atoms with E-state index in [0.29, 0.717) is 23.4 Å². The van der Waals surface area contributed by atoms with Gasteiger partial charge in [-0.3, -0.25) is 14.6 Å². The van der Waals surface area contributed by atoms with Crippen LogP contribution in [0.3, 0.4) is 0 Å². The van der Waals surface area contributed by atoms with Crippen LogP contribution in [0.15, 0.2) is 67.0 Å².